The lowest BCUT2D eigenvalue weighted by Crippen LogP contribution is -2.51. The predicted octanol–water partition coefficient (Wildman–Crippen LogP) is 9.75. The van der Waals surface area contributed by atoms with Crippen LogP contribution in [-0.4, -0.2) is 12.3 Å². The van der Waals surface area contributed by atoms with Crippen molar-refractivity contribution < 1.29 is 14.3 Å². The molecule has 0 bridgehead atoms. The maximum Gasteiger partial charge on any atom is 0.508 e. The minimum atomic E-state index is -0.523. The topological polar surface area (TPSA) is 35.5 Å². The Morgan fingerprint density at radius 3 is 2.53 bits per heavy atom. The van der Waals surface area contributed by atoms with E-state index < -0.39 is 6.16 Å². The highest BCUT2D eigenvalue weighted by molar-refractivity contribution is 5.60. The van der Waals surface area contributed by atoms with Crippen LogP contribution in [0.1, 0.15) is 111 Å². The van der Waals surface area contributed by atoms with E-state index in [0.29, 0.717) is 5.41 Å². The first kappa shape index (κ1) is 27.8. The van der Waals surface area contributed by atoms with Crippen LogP contribution >= 0.6 is 0 Å². The summed E-state index contributed by atoms with van der Waals surface area (Å²) in [5.74, 6) is 5.11. The lowest BCUT2D eigenvalue weighted by molar-refractivity contribution is -0.0620. The Kier molecular flexibility index (Phi) is 8.32. The summed E-state index contributed by atoms with van der Waals surface area (Å²) < 4.78 is 11.2. The molecule has 4 aliphatic carbocycles. The fourth-order valence-corrected chi connectivity index (χ4v) is 9.64. The zero-order valence-electron chi connectivity index (χ0n) is 24.7. The zero-order chi connectivity index (χ0) is 26.9. The molecule has 3 nitrogen and oxygen atoms in total. The molecule has 0 aliphatic heterocycles. The van der Waals surface area contributed by atoms with Gasteiger partial charge in [-0.15, -0.1) is 0 Å². The summed E-state index contributed by atoms with van der Waals surface area (Å²) in [6.07, 6.45) is 16.1. The number of ether oxygens (including phenoxy) is 2. The largest absolute Gasteiger partial charge is 0.508 e. The minimum absolute atomic E-state index is 0.0504. The standard InChI is InChI=1S/C35H52O3/c1-24(2)10-9-11-25(3)30-16-17-31-29-15-14-27-22-28(38-33(36)37-23-26-12-7-6-8-13-26)18-20-34(27,4)32(29)19-21-35(30,31)5/h6-8,12-14,24-25,28-32H,9-11,15-23H2,1-5H3/t25-,28-,29-,30-,31+,32-,34-,35+/m0/s1. The van der Waals surface area contributed by atoms with Crippen molar-refractivity contribution in [2.45, 2.75) is 118 Å². The molecule has 1 aromatic rings. The maximum absolute atomic E-state index is 12.4. The van der Waals surface area contributed by atoms with Crippen molar-refractivity contribution in [1.29, 1.82) is 0 Å². The Labute approximate surface area is 232 Å². The maximum atomic E-state index is 12.4. The van der Waals surface area contributed by atoms with Crippen LogP contribution in [0.5, 0.6) is 0 Å². The van der Waals surface area contributed by atoms with Gasteiger partial charge in [-0.2, -0.15) is 0 Å². The third kappa shape index (κ3) is 5.46. The molecule has 1 aromatic carbocycles. The van der Waals surface area contributed by atoms with Gasteiger partial charge in [0.15, 0.2) is 0 Å². The number of hydrogen-bond acceptors (Lipinski definition) is 3. The van der Waals surface area contributed by atoms with Crippen molar-refractivity contribution in [3.63, 3.8) is 0 Å². The zero-order valence-corrected chi connectivity index (χ0v) is 24.7. The number of carbonyl (C=O) groups is 1. The van der Waals surface area contributed by atoms with Gasteiger partial charge in [-0.05, 0) is 96.8 Å². The molecule has 0 N–H and O–H groups in total. The van der Waals surface area contributed by atoms with Gasteiger partial charge < -0.3 is 9.47 Å². The molecule has 8 atom stereocenters. The van der Waals surface area contributed by atoms with Gasteiger partial charge in [0.2, 0.25) is 0 Å². The summed E-state index contributed by atoms with van der Waals surface area (Å²) in [6, 6.07) is 9.83. The van der Waals surface area contributed by atoms with Gasteiger partial charge in [0.05, 0.1) is 0 Å². The molecule has 0 unspecified atom stereocenters. The number of carbonyl (C=O) groups excluding carboxylic acids is 1. The van der Waals surface area contributed by atoms with Crippen LogP contribution in [0, 0.1) is 46.3 Å². The van der Waals surface area contributed by atoms with Gasteiger partial charge in [0.1, 0.15) is 12.7 Å². The lowest BCUT2D eigenvalue weighted by atomic mass is 9.47. The van der Waals surface area contributed by atoms with E-state index in [-0.39, 0.29) is 18.1 Å². The van der Waals surface area contributed by atoms with Crippen LogP contribution in [0.25, 0.3) is 0 Å². The monoisotopic (exact) mass is 520 g/mol. The lowest BCUT2D eigenvalue weighted by Gasteiger charge is -2.58. The summed E-state index contributed by atoms with van der Waals surface area (Å²) in [4.78, 5) is 12.4. The average molecular weight is 521 g/mol. The molecule has 0 heterocycles. The van der Waals surface area contributed by atoms with E-state index in [1.807, 2.05) is 30.3 Å². The van der Waals surface area contributed by atoms with E-state index in [4.69, 9.17) is 9.47 Å². The van der Waals surface area contributed by atoms with Crippen molar-refractivity contribution in [2.24, 2.45) is 46.3 Å². The highest BCUT2D eigenvalue weighted by atomic mass is 16.7. The van der Waals surface area contributed by atoms with Gasteiger partial charge in [-0.25, -0.2) is 4.79 Å². The first-order valence-electron chi connectivity index (χ1n) is 15.8. The smallest absolute Gasteiger partial charge is 0.431 e. The third-order valence-corrected chi connectivity index (χ3v) is 11.7. The van der Waals surface area contributed by atoms with Crippen LogP contribution in [0.2, 0.25) is 0 Å². The molecule has 3 heteroatoms. The molecule has 4 aliphatic rings. The molecule has 210 valence electrons. The molecule has 0 amide bonds. The number of allylic oxidation sites excluding steroid dienone is 1. The van der Waals surface area contributed by atoms with Gasteiger partial charge >= 0.3 is 6.16 Å². The second kappa shape index (κ2) is 11.4. The Morgan fingerprint density at radius 1 is 0.974 bits per heavy atom. The second-order valence-electron chi connectivity index (χ2n) is 14.3. The summed E-state index contributed by atoms with van der Waals surface area (Å²) >= 11 is 0. The molecule has 3 fully saturated rings. The first-order chi connectivity index (χ1) is 18.2. The summed E-state index contributed by atoms with van der Waals surface area (Å²) in [6.45, 7) is 12.8. The number of rotatable bonds is 8. The first-order valence-corrected chi connectivity index (χ1v) is 15.8. The van der Waals surface area contributed by atoms with Crippen molar-refractivity contribution in [3.05, 3.63) is 47.5 Å². The number of hydrogen-bond donors (Lipinski definition) is 0. The number of benzene rings is 1. The van der Waals surface area contributed by atoms with E-state index in [1.165, 1.54) is 51.4 Å². The van der Waals surface area contributed by atoms with Crippen molar-refractivity contribution in [3.8, 4) is 0 Å². The SMILES string of the molecule is CC(C)CCC[C@H](C)[C@@H]1CC[C@@H]2[C@@H]3CC=C4C[C@@H](OC(=O)OCc5ccccc5)CC[C@]4(C)[C@H]3CC[C@@]21C. The summed E-state index contributed by atoms with van der Waals surface area (Å²) in [5.41, 5.74) is 3.36. The van der Waals surface area contributed by atoms with Crippen molar-refractivity contribution in [1.82, 2.24) is 0 Å². The molecule has 0 radical (unpaired) electrons. The normalized spacial score (nSPS) is 37.0. The Balaban J connectivity index is 1.19. The third-order valence-electron chi connectivity index (χ3n) is 11.7. The fourth-order valence-electron chi connectivity index (χ4n) is 9.64. The van der Waals surface area contributed by atoms with E-state index >= 15 is 0 Å². The fraction of sp³-hybridized carbons (Fsp3) is 0.743. The molecule has 0 spiro atoms. The van der Waals surface area contributed by atoms with Crippen LogP contribution in [-0.2, 0) is 16.1 Å². The molecule has 3 saturated carbocycles. The van der Waals surface area contributed by atoms with Crippen LogP contribution in [0.3, 0.4) is 0 Å². The Morgan fingerprint density at radius 2 is 1.76 bits per heavy atom. The molecule has 0 saturated heterocycles. The molecule has 0 aromatic heterocycles. The van der Waals surface area contributed by atoms with Gasteiger partial charge in [0.25, 0.3) is 0 Å². The minimum Gasteiger partial charge on any atom is -0.431 e. The van der Waals surface area contributed by atoms with Crippen LogP contribution in [0.15, 0.2) is 42.0 Å². The summed E-state index contributed by atoms with van der Waals surface area (Å²) in [7, 11) is 0. The molecular weight excluding hydrogens is 468 g/mol. The second-order valence-corrected chi connectivity index (χ2v) is 14.3. The highest BCUT2D eigenvalue weighted by Gasteiger charge is 2.59. The van der Waals surface area contributed by atoms with E-state index in [2.05, 4.69) is 40.7 Å². The van der Waals surface area contributed by atoms with E-state index in [1.54, 1.807) is 5.57 Å². The van der Waals surface area contributed by atoms with Crippen molar-refractivity contribution >= 4 is 6.16 Å². The molecular formula is C35H52O3. The molecule has 5 rings (SSSR count). The van der Waals surface area contributed by atoms with Gasteiger partial charge in [-0.1, -0.05) is 95.9 Å². The highest BCUT2D eigenvalue weighted by Crippen LogP contribution is 2.67. The van der Waals surface area contributed by atoms with Gasteiger partial charge in [0, 0.05) is 6.42 Å². The van der Waals surface area contributed by atoms with Crippen molar-refractivity contribution in [2.75, 3.05) is 0 Å². The summed E-state index contributed by atoms with van der Waals surface area (Å²) in [5, 5.41) is 0. The van der Waals surface area contributed by atoms with Crippen LogP contribution < -0.4 is 0 Å². The number of fused-ring (bicyclic) bond motifs is 5. The predicted molar refractivity (Wildman–Crippen MR) is 155 cm³/mol. The quantitative estimate of drug-likeness (QED) is 0.253. The van der Waals surface area contributed by atoms with Crippen LogP contribution in [0.4, 0.5) is 4.79 Å². The van der Waals surface area contributed by atoms with E-state index in [0.717, 1.165) is 60.3 Å². The Bertz CT molecular complexity index is 982. The average Bonchev–Trinajstić information content (AvgIpc) is 3.25. The van der Waals surface area contributed by atoms with E-state index in [9.17, 15) is 4.79 Å². The Hall–Kier alpha value is -1.77. The van der Waals surface area contributed by atoms with Gasteiger partial charge in [-0.3, -0.25) is 0 Å². The molecule has 38 heavy (non-hydrogen) atoms.